The molecule has 0 bridgehead atoms. The van der Waals surface area contributed by atoms with Gasteiger partial charge in [0.25, 0.3) is 5.91 Å². The number of hydrogen-bond acceptors (Lipinski definition) is 5. The van der Waals surface area contributed by atoms with E-state index >= 15 is 0 Å². The lowest BCUT2D eigenvalue weighted by molar-refractivity contribution is 0.0886. The molecule has 0 aliphatic heterocycles. The van der Waals surface area contributed by atoms with Crippen LogP contribution in [0.4, 0.5) is 0 Å². The van der Waals surface area contributed by atoms with E-state index in [9.17, 15) is 9.59 Å². The molecule has 1 amide bonds. The lowest BCUT2D eigenvalue weighted by Crippen LogP contribution is -2.40. The van der Waals surface area contributed by atoms with Gasteiger partial charge in [0.2, 0.25) is 5.56 Å². The molecule has 28 heavy (non-hydrogen) atoms. The largest absolute Gasteiger partial charge is 0.460 e. The average Bonchev–Trinajstić information content (AvgIpc) is 2.70. The van der Waals surface area contributed by atoms with E-state index in [0.717, 1.165) is 31.1 Å². The number of pyridine rings is 1. The topological polar surface area (TPSA) is 97.0 Å². The first-order valence-electron chi connectivity index (χ1n) is 9.15. The van der Waals surface area contributed by atoms with E-state index in [1.165, 1.54) is 18.5 Å². The van der Waals surface area contributed by atoms with E-state index in [-0.39, 0.29) is 23.6 Å². The second kappa shape index (κ2) is 7.98. The highest BCUT2D eigenvalue weighted by atomic mass is 35.5. The molecule has 0 spiro atoms. The van der Waals surface area contributed by atoms with Gasteiger partial charge in [-0.3, -0.25) is 9.59 Å². The number of carbonyl (C=O) groups excluding carboxylic acids is 1. The third-order valence-electron chi connectivity index (χ3n) is 4.87. The standard InChI is InChI=1S/C20H19ClN4O3/c21-12-10-22-20(23-11-12)28-14-7-5-13(6-8-14)24-19(27)16-9-18(26)25-17-4-2-1-3-15(16)17/h1-4,9-11,13-14H,5-8H2,(H,24,27)(H,25,26). The van der Waals surface area contributed by atoms with Crippen molar-refractivity contribution in [3.63, 3.8) is 0 Å². The van der Waals surface area contributed by atoms with Crippen LogP contribution < -0.4 is 15.6 Å². The molecular formula is C20H19ClN4O3. The molecule has 2 heterocycles. The first kappa shape index (κ1) is 18.4. The summed E-state index contributed by atoms with van der Waals surface area (Å²) < 4.78 is 5.78. The number of nitrogens with one attached hydrogen (secondary N) is 2. The summed E-state index contributed by atoms with van der Waals surface area (Å²) >= 11 is 5.78. The Morgan fingerprint density at radius 1 is 1.14 bits per heavy atom. The summed E-state index contributed by atoms with van der Waals surface area (Å²) in [5, 5.41) is 4.25. The van der Waals surface area contributed by atoms with Gasteiger partial charge < -0.3 is 15.0 Å². The van der Waals surface area contributed by atoms with E-state index in [2.05, 4.69) is 20.3 Å². The van der Waals surface area contributed by atoms with Crippen molar-refractivity contribution in [1.82, 2.24) is 20.3 Å². The molecule has 7 nitrogen and oxygen atoms in total. The molecule has 0 saturated heterocycles. The van der Waals surface area contributed by atoms with Crippen molar-refractivity contribution in [1.29, 1.82) is 0 Å². The Morgan fingerprint density at radius 2 is 1.86 bits per heavy atom. The van der Waals surface area contributed by atoms with Crippen molar-refractivity contribution in [3.05, 3.63) is 63.7 Å². The van der Waals surface area contributed by atoms with Crippen molar-refractivity contribution < 1.29 is 9.53 Å². The minimum Gasteiger partial charge on any atom is -0.460 e. The summed E-state index contributed by atoms with van der Waals surface area (Å²) in [6.45, 7) is 0. The zero-order chi connectivity index (χ0) is 19.5. The number of fused-ring (bicyclic) bond motifs is 1. The smallest absolute Gasteiger partial charge is 0.316 e. The van der Waals surface area contributed by atoms with Crippen LogP contribution >= 0.6 is 11.6 Å². The van der Waals surface area contributed by atoms with Crippen LogP contribution in [0.3, 0.4) is 0 Å². The van der Waals surface area contributed by atoms with Crippen molar-refractivity contribution >= 4 is 28.4 Å². The minimum absolute atomic E-state index is 0.00901. The molecule has 1 aliphatic carbocycles. The van der Waals surface area contributed by atoms with E-state index in [1.807, 2.05) is 18.2 Å². The van der Waals surface area contributed by atoms with Crippen LogP contribution in [0.1, 0.15) is 36.0 Å². The number of aromatic amines is 1. The Kier molecular flexibility index (Phi) is 5.25. The van der Waals surface area contributed by atoms with Crippen molar-refractivity contribution in [2.24, 2.45) is 0 Å². The van der Waals surface area contributed by atoms with Crippen molar-refractivity contribution in [2.75, 3.05) is 0 Å². The molecule has 2 aromatic heterocycles. The molecule has 4 rings (SSSR count). The maximum Gasteiger partial charge on any atom is 0.316 e. The zero-order valence-electron chi connectivity index (χ0n) is 15.0. The lowest BCUT2D eigenvalue weighted by Gasteiger charge is -2.29. The minimum atomic E-state index is -0.288. The quantitative estimate of drug-likeness (QED) is 0.703. The van der Waals surface area contributed by atoms with Crippen LogP contribution in [0, 0.1) is 0 Å². The van der Waals surface area contributed by atoms with E-state index in [0.29, 0.717) is 22.1 Å². The zero-order valence-corrected chi connectivity index (χ0v) is 15.8. The van der Waals surface area contributed by atoms with Crippen LogP contribution in [0.2, 0.25) is 5.02 Å². The lowest BCUT2D eigenvalue weighted by atomic mass is 9.92. The Labute approximate surface area is 166 Å². The fourth-order valence-corrected chi connectivity index (χ4v) is 3.59. The number of rotatable bonds is 4. The fraction of sp³-hybridized carbons (Fsp3) is 0.300. The Bertz CT molecular complexity index is 1040. The molecule has 1 aromatic carbocycles. The van der Waals surface area contributed by atoms with Gasteiger partial charge in [0.15, 0.2) is 0 Å². The van der Waals surface area contributed by atoms with Gasteiger partial charge in [0, 0.05) is 23.0 Å². The van der Waals surface area contributed by atoms with Gasteiger partial charge in [0.05, 0.1) is 23.0 Å². The molecule has 0 unspecified atom stereocenters. The summed E-state index contributed by atoms with van der Waals surface area (Å²) in [5.41, 5.74) is 0.761. The summed E-state index contributed by atoms with van der Waals surface area (Å²) in [6.07, 6.45) is 6.15. The number of nitrogens with zero attached hydrogens (tertiary/aromatic N) is 2. The first-order valence-corrected chi connectivity index (χ1v) is 9.53. The maximum atomic E-state index is 12.8. The Morgan fingerprint density at radius 3 is 2.61 bits per heavy atom. The van der Waals surface area contributed by atoms with Crippen LogP contribution in [0.25, 0.3) is 10.9 Å². The van der Waals surface area contributed by atoms with Gasteiger partial charge in [-0.2, -0.15) is 0 Å². The van der Waals surface area contributed by atoms with Gasteiger partial charge in [-0.1, -0.05) is 29.8 Å². The van der Waals surface area contributed by atoms with Gasteiger partial charge >= 0.3 is 6.01 Å². The van der Waals surface area contributed by atoms with Gasteiger partial charge in [0.1, 0.15) is 6.10 Å². The van der Waals surface area contributed by atoms with Crippen molar-refractivity contribution in [3.8, 4) is 6.01 Å². The number of aromatic nitrogens is 3. The Balaban J connectivity index is 1.38. The molecule has 0 atom stereocenters. The summed E-state index contributed by atoms with van der Waals surface area (Å²) in [6, 6.07) is 8.99. The second-order valence-electron chi connectivity index (χ2n) is 6.84. The number of amides is 1. The number of ether oxygens (including phenoxy) is 1. The molecular weight excluding hydrogens is 380 g/mol. The third kappa shape index (κ3) is 4.14. The van der Waals surface area contributed by atoms with E-state index in [1.54, 1.807) is 6.07 Å². The second-order valence-corrected chi connectivity index (χ2v) is 7.28. The fourth-order valence-electron chi connectivity index (χ4n) is 3.49. The normalized spacial score (nSPS) is 19.3. The molecule has 2 N–H and O–H groups in total. The monoisotopic (exact) mass is 398 g/mol. The van der Waals surface area contributed by atoms with Gasteiger partial charge in [-0.05, 0) is 31.7 Å². The van der Waals surface area contributed by atoms with Gasteiger partial charge in [-0.25, -0.2) is 9.97 Å². The average molecular weight is 399 g/mol. The van der Waals surface area contributed by atoms with Crippen LogP contribution in [0.15, 0.2) is 47.5 Å². The predicted octanol–water partition coefficient (Wildman–Crippen LogP) is 3.09. The molecule has 8 heteroatoms. The molecule has 1 saturated carbocycles. The molecule has 144 valence electrons. The van der Waals surface area contributed by atoms with Gasteiger partial charge in [-0.15, -0.1) is 0 Å². The summed E-state index contributed by atoms with van der Waals surface area (Å²) in [7, 11) is 0. The van der Waals surface area contributed by atoms with Crippen LogP contribution in [0.5, 0.6) is 6.01 Å². The number of para-hydroxylation sites is 1. The predicted molar refractivity (Wildman–Crippen MR) is 106 cm³/mol. The van der Waals surface area contributed by atoms with Crippen LogP contribution in [-0.2, 0) is 0 Å². The highest BCUT2D eigenvalue weighted by Crippen LogP contribution is 2.23. The van der Waals surface area contributed by atoms with Crippen molar-refractivity contribution in [2.45, 2.75) is 37.8 Å². The highest BCUT2D eigenvalue weighted by Gasteiger charge is 2.25. The van der Waals surface area contributed by atoms with E-state index < -0.39 is 0 Å². The van der Waals surface area contributed by atoms with E-state index in [4.69, 9.17) is 16.3 Å². The number of hydrogen-bond donors (Lipinski definition) is 2. The summed E-state index contributed by atoms with van der Waals surface area (Å²) in [5.74, 6) is -0.229. The highest BCUT2D eigenvalue weighted by molar-refractivity contribution is 6.30. The molecule has 3 aromatic rings. The molecule has 1 fully saturated rings. The van der Waals surface area contributed by atoms with Crippen LogP contribution in [-0.4, -0.2) is 33.0 Å². The number of benzene rings is 1. The Hall–Kier alpha value is -2.93. The summed E-state index contributed by atoms with van der Waals surface area (Å²) in [4.78, 5) is 35.5. The third-order valence-corrected chi connectivity index (χ3v) is 5.07. The number of halogens is 1. The number of H-pyrrole nitrogens is 1. The first-order chi connectivity index (χ1) is 13.6. The molecule has 1 aliphatic rings. The maximum absolute atomic E-state index is 12.8. The molecule has 0 radical (unpaired) electrons. The number of carbonyl (C=O) groups is 1. The SMILES string of the molecule is O=C(NC1CCC(Oc2ncc(Cl)cn2)CC1)c1cc(=O)[nH]c2ccccc12.